The van der Waals surface area contributed by atoms with Crippen LogP contribution in [0, 0.1) is 0 Å². The van der Waals surface area contributed by atoms with Crippen LogP contribution in [0.4, 0.5) is 11.4 Å². The molecule has 0 aliphatic carbocycles. The Kier molecular flexibility index (Phi) is 14.3. The third-order valence-electron chi connectivity index (χ3n) is 9.21. The predicted octanol–water partition coefficient (Wildman–Crippen LogP) is 12.7. The number of hydrogen-bond acceptors (Lipinski definition) is 6. The highest BCUT2D eigenvalue weighted by molar-refractivity contribution is 5.95. The zero-order valence-electron chi connectivity index (χ0n) is 33.5. The van der Waals surface area contributed by atoms with Crippen molar-refractivity contribution in [3.63, 3.8) is 0 Å². The van der Waals surface area contributed by atoms with Crippen LogP contribution in [0.25, 0.3) is 0 Å². The average Bonchev–Trinajstić information content (AvgIpc) is 3.10. The lowest BCUT2D eigenvalue weighted by Crippen LogP contribution is -2.14. The maximum atomic E-state index is 5.34. The van der Waals surface area contributed by atoms with E-state index < -0.39 is 12.1 Å². The summed E-state index contributed by atoms with van der Waals surface area (Å²) < 4.78 is 0. The molecule has 0 spiro atoms. The largest absolute Gasteiger partial charge is 0.359 e. The second-order valence-electron chi connectivity index (χ2n) is 15.1. The van der Waals surface area contributed by atoms with Gasteiger partial charge in [-0.1, -0.05) is 104 Å². The van der Waals surface area contributed by atoms with Gasteiger partial charge in [0.25, 0.3) is 0 Å². The number of aliphatic imine (C=N–C) groups is 2. The molecular weight excluding hydrogens is 637 g/mol. The lowest BCUT2D eigenvalue weighted by Gasteiger charge is -2.23. The fourth-order valence-corrected chi connectivity index (χ4v) is 6.70. The van der Waals surface area contributed by atoms with Crippen LogP contribution in [0.3, 0.4) is 0 Å². The van der Waals surface area contributed by atoms with E-state index in [1.807, 2.05) is 48.8 Å². The van der Waals surface area contributed by atoms with Gasteiger partial charge in [0, 0.05) is 46.6 Å². The molecule has 2 aromatic carbocycles. The summed E-state index contributed by atoms with van der Waals surface area (Å²) in [7, 11) is 0. The molecule has 0 saturated heterocycles. The normalized spacial score (nSPS) is 14.4. The molecule has 0 saturated carbocycles. The number of rotatable bonds is 15. The van der Waals surface area contributed by atoms with Gasteiger partial charge < -0.3 is 10.6 Å². The first-order chi connectivity index (χ1) is 24.8. The van der Waals surface area contributed by atoms with Crippen LogP contribution in [0.1, 0.15) is 152 Å². The summed E-state index contributed by atoms with van der Waals surface area (Å²) in [4.78, 5) is 20.3. The summed E-state index contributed by atoms with van der Waals surface area (Å²) in [6.45, 7) is 26.3. The predicted molar refractivity (Wildman–Crippen MR) is 224 cm³/mol. The quantitative estimate of drug-likeness (QED) is 0.121. The number of hydrogen-bond donors (Lipinski definition) is 2. The maximum absolute atomic E-state index is 5.34. The number of para-hydroxylation sites is 2. The van der Waals surface area contributed by atoms with Crippen LogP contribution in [-0.4, -0.2) is 21.4 Å². The third-order valence-corrected chi connectivity index (χ3v) is 9.21. The van der Waals surface area contributed by atoms with Crippen LogP contribution >= 0.6 is 0 Å². The minimum atomic E-state index is -0.403. The number of nitrogens with one attached hydrogen (secondary N) is 2. The van der Waals surface area contributed by atoms with Crippen molar-refractivity contribution in [3.8, 4) is 0 Å². The summed E-state index contributed by atoms with van der Waals surface area (Å²) in [5.41, 5.74) is 13.1. The van der Waals surface area contributed by atoms with Gasteiger partial charge >= 0.3 is 0 Å². The Labute approximate surface area is 313 Å². The van der Waals surface area contributed by atoms with Crippen LogP contribution in [0.5, 0.6) is 0 Å². The molecule has 2 unspecified atom stereocenters. The first-order valence-corrected chi connectivity index (χ1v) is 18.8. The number of anilines is 2. The number of nitrogens with zero attached hydrogens (tertiary/aromatic N) is 4. The van der Waals surface area contributed by atoms with Crippen molar-refractivity contribution in [2.45, 2.75) is 119 Å². The van der Waals surface area contributed by atoms with E-state index in [0.717, 1.165) is 34.2 Å². The molecule has 0 fully saturated rings. The van der Waals surface area contributed by atoms with Gasteiger partial charge in [0.1, 0.15) is 12.1 Å². The van der Waals surface area contributed by atoms with E-state index in [-0.39, 0.29) is 0 Å². The Morgan fingerprint density at radius 3 is 1.08 bits per heavy atom. The van der Waals surface area contributed by atoms with E-state index in [4.69, 9.17) is 20.0 Å². The van der Waals surface area contributed by atoms with E-state index in [0.29, 0.717) is 23.7 Å². The molecule has 274 valence electrons. The van der Waals surface area contributed by atoms with Gasteiger partial charge in [-0.3, -0.25) is 20.0 Å². The molecule has 0 aliphatic rings. The molecule has 6 nitrogen and oxygen atoms in total. The third kappa shape index (κ3) is 10.6. The smallest absolute Gasteiger partial charge is 0.120 e. The number of benzene rings is 2. The Morgan fingerprint density at radius 2 is 0.808 bits per heavy atom. The van der Waals surface area contributed by atoms with Crippen molar-refractivity contribution in [2.75, 3.05) is 10.6 Å². The van der Waals surface area contributed by atoms with E-state index >= 15 is 0 Å². The van der Waals surface area contributed by atoms with Gasteiger partial charge in [0.15, 0.2) is 0 Å². The van der Waals surface area contributed by atoms with Gasteiger partial charge in [-0.2, -0.15) is 0 Å². The van der Waals surface area contributed by atoms with Crippen LogP contribution in [0.2, 0.25) is 0 Å². The van der Waals surface area contributed by atoms with Crippen molar-refractivity contribution < 1.29 is 0 Å². The molecule has 2 heterocycles. The van der Waals surface area contributed by atoms with Gasteiger partial charge in [-0.15, -0.1) is 0 Å². The van der Waals surface area contributed by atoms with Crippen LogP contribution in [0.15, 0.2) is 119 Å². The minimum Gasteiger partial charge on any atom is -0.359 e. The molecule has 0 aliphatic heterocycles. The van der Waals surface area contributed by atoms with Crippen molar-refractivity contribution in [3.05, 3.63) is 142 Å². The van der Waals surface area contributed by atoms with E-state index in [9.17, 15) is 0 Å². The summed E-state index contributed by atoms with van der Waals surface area (Å²) in [5.74, 6) is 1.58. The summed E-state index contributed by atoms with van der Waals surface area (Å²) in [6, 6.07) is 24.4. The highest BCUT2D eigenvalue weighted by Gasteiger charge is 2.27. The highest BCUT2D eigenvalue weighted by Crippen LogP contribution is 2.36. The van der Waals surface area contributed by atoms with E-state index in [1.165, 1.54) is 33.6 Å². The SMILES string of the molecule is CC(/C=C(\C)Nc1c(C(C)C)cccc1C(C)C)=NC(c1ccccn1)C(N=C(C)/C=C(\C)Nc1c(C(C)C)cccc1C(C)C)c1ccccn1. The molecular formula is C46H60N6. The van der Waals surface area contributed by atoms with Crippen molar-refractivity contribution >= 4 is 22.8 Å². The Balaban J connectivity index is 1.77. The molecule has 0 bridgehead atoms. The Bertz CT molecular complexity index is 1690. The lowest BCUT2D eigenvalue weighted by molar-refractivity contribution is 0.553. The minimum absolute atomic E-state index is 0.396. The van der Waals surface area contributed by atoms with E-state index in [2.05, 4.69) is 142 Å². The molecule has 0 amide bonds. The first kappa shape index (κ1) is 39.9. The van der Waals surface area contributed by atoms with Crippen LogP contribution < -0.4 is 10.6 Å². The molecule has 4 rings (SSSR count). The fourth-order valence-electron chi connectivity index (χ4n) is 6.70. The Morgan fingerprint density at radius 1 is 0.481 bits per heavy atom. The van der Waals surface area contributed by atoms with Gasteiger partial charge in [0.2, 0.25) is 0 Å². The summed E-state index contributed by atoms with van der Waals surface area (Å²) in [6.07, 6.45) is 7.89. The van der Waals surface area contributed by atoms with Gasteiger partial charge in [-0.25, -0.2) is 0 Å². The lowest BCUT2D eigenvalue weighted by atomic mass is 9.92. The van der Waals surface area contributed by atoms with E-state index in [1.54, 1.807) is 0 Å². The van der Waals surface area contributed by atoms with Crippen LogP contribution in [-0.2, 0) is 0 Å². The average molecular weight is 697 g/mol. The molecule has 4 aromatic rings. The number of aromatic nitrogens is 2. The Hall–Kier alpha value is -4.84. The first-order valence-electron chi connectivity index (χ1n) is 18.8. The summed E-state index contributed by atoms with van der Waals surface area (Å²) in [5, 5.41) is 7.50. The van der Waals surface area contributed by atoms with Gasteiger partial charge in [0.05, 0.1) is 11.4 Å². The number of pyridine rings is 2. The standard InChI is InChI=1S/C46H60N6/c1-29(2)37-19-17-20-38(30(3)4)43(37)49-33(9)27-35(11)51-45(41-23-13-15-25-47-41)46(42-24-14-16-26-48-42)52-36(12)28-34(10)50-44-39(31(5)6)21-18-22-40(44)32(7)8/h13-32,45-46,49-50H,1-12H3/b33-27+,34-28+,51-35?,52-36?. The van der Waals surface area contributed by atoms with Crippen molar-refractivity contribution in [1.29, 1.82) is 0 Å². The molecule has 52 heavy (non-hydrogen) atoms. The van der Waals surface area contributed by atoms with Crippen molar-refractivity contribution in [2.24, 2.45) is 9.98 Å². The zero-order valence-corrected chi connectivity index (χ0v) is 33.5. The number of allylic oxidation sites excluding steroid dienone is 4. The molecule has 6 heteroatoms. The monoisotopic (exact) mass is 696 g/mol. The fraction of sp³-hybridized carbons (Fsp3) is 0.391. The molecule has 2 atom stereocenters. The van der Waals surface area contributed by atoms with Gasteiger partial charge in [-0.05, 0) is 110 Å². The zero-order chi connectivity index (χ0) is 37.9. The van der Waals surface area contributed by atoms with Crippen molar-refractivity contribution in [1.82, 2.24) is 9.97 Å². The molecule has 0 radical (unpaired) electrons. The second kappa shape index (κ2) is 18.6. The molecule has 2 N–H and O–H groups in total. The second-order valence-corrected chi connectivity index (χ2v) is 15.1. The molecule has 2 aromatic heterocycles. The summed E-state index contributed by atoms with van der Waals surface area (Å²) >= 11 is 0. The highest BCUT2D eigenvalue weighted by atomic mass is 15.0. The topological polar surface area (TPSA) is 74.6 Å². The maximum Gasteiger partial charge on any atom is 0.120 e.